The Kier molecular flexibility index (Phi) is 2.60. The maximum Gasteiger partial charge on any atom is 0.221 e. The zero-order valence-electron chi connectivity index (χ0n) is 9.45. The van der Waals surface area contributed by atoms with E-state index >= 15 is 0 Å². The van der Waals surface area contributed by atoms with Crippen molar-refractivity contribution in [2.24, 2.45) is 5.73 Å². The minimum Gasteiger partial charge on any atom is -0.369 e. The van der Waals surface area contributed by atoms with E-state index in [0.717, 1.165) is 22.2 Å². The third-order valence-electron chi connectivity index (χ3n) is 2.59. The van der Waals surface area contributed by atoms with Gasteiger partial charge in [0, 0.05) is 11.1 Å². The number of primary amides is 1. The van der Waals surface area contributed by atoms with Crippen molar-refractivity contribution < 1.29 is 4.79 Å². The second-order valence-corrected chi connectivity index (χ2v) is 4.08. The molecule has 1 heterocycles. The number of rotatable bonds is 2. The SMILES string of the molecule is Cc1cc(C)c2ccc(CC(N)=O)cc2n1. The number of fused-ring (bicyclic) bond motifs is 1. The number of aryl methyl sites for hydroxylation is 2. The number of benzene rings is 1. The fourth-order valence-corrected chi connectivity index (χ4v) is 1.93. The summed E-state index contributed by atoms with van der Waals surface area (Å²) in [4.78, 5) is 15.3. The lowest BCUT2D eigenvalue weighted by Crippen LogP contribution is -2.13. The van der Waals surface area contributed by atoms with Gasteiger partial charge in [-0.3, -0.25) is 9.78 Å². The Morgan fingerprint density at radius 1 is 1.31 bits per heavy atom. The van der Waals surface area contributed by atoms with Gasteiger partial charge in [-0.2, -0.15) is 0 Å². The van der Waals surface area contributed by atoms with Crippen LogP contribution in [0, 0.1) is 13.8 Å². The van der Waals surface area contributed by atoms with Crippen molar-refractivity contribution in [2.45, 2.75) is 20.3 Å². The minimum absolute atomic E-state index is 0.268. The summed E-state index contributed by atoms with van der Waals surface area (Å²) in [7, 11) is 0. The molecule has 82 valence electrons. The number of hydrogen-bond acceptors (Lipinski definition) is 2. The maximum absolute atomic E-state index is 10.8. The van der Waals surface area contributed by atoms with Crippen LogP contribution in [0.4, 0.5) is 0 Å². The Bertz CT molecular complexity index is 561. The second-order valence-electron chi connectivity index (χ2n) is 4.08. The van der Waals surface area contributed by atoms with Gasteiger partial charge in [0.1, 0.15) is 0 Å². The normalized spacial score (nSPS) is 10.6. The van der Waals surface area contributed by atoms with Crippen molar-refractivity contribution in [3.8, 4) is 0 Å². The molecular weight excluding hydrogens is 200 g/mol. The fraction of sp³-hybridized carbons (Fsp3) is 0.231. The summed E-state index contributed by atoms with van der Waals surface area (Å²) < 4.78 is 0. The molecule has 1 amide bonds. The third-order valence-corrected chi connectivity index (χ3v) is 2.59. The van der Waals surface area contributed by atoms with Gasteiger partial charge in [0.05, 0.1) is 11.9 Å². The first kappa shape index (κ1) is 10.6. The molecule has 0 spiro atoms. The van der Waals surface area contributed by atoms with E-state index < -0.39 is 0 Å². The Hall–Kier alpha value is -1.90. The molecule has 2 N–H and O–H groups in total. The van der Waals surface area contributed by atoms with Gasteiger partial charge < -0.3 is 5.73 Å². The van der Waals surface area contributed by atoms with Crippen LogP contribution in [0.15, 0.2) is 24.3 Å². The molecule has 0 aliphatic heterocycles. The number of pyridine rings is 1. The minimum atomic E-state index is -0.316. The fourth-order valence-electron chi connectivity index (χ4n) is 1.93. The Labute approximate surface area is 94.3 Å². The van der Waals surface area contributed by atoms with Crippen LogP contribution in [0.1, 0.15) is 16.8 Å². The average Bonchev–Trinajstić information content (AvgIpc) is 2.15. The largest absolute Gasteiger partial charge is 0.369 e. The predicted octanol–water partition coefficient (Wildman–Crippen LogP) is 1.88. The van der Waals surface area contributed by atoms with Crippen LogP contribution < -0.4 is 5.73 Å². The molecule has 3 nitrogen and oxygen atoms in total. The van der Waals surface area contributed by atoms with E-state index in [4.69, 9.17) is 5.73 Å². The van der Waals surface area contributed by atoms with E-state index in [9.17, 15) is 4.79 Å². The highest BCUT2D eigenvalue weighted by Crippen LogP contribution is 2.19. The highest BCUT2D eigenvalue weighted by Gasteiger charge is 2.03. The molecule has 16 heavy (non-hydrogen) atoms. The Morgan fingerprint density at radius 2 is 2.06 bits per heavy atom. The summed E-state index contributed by atoms with van der Waals surface area (Å²) in [6.45, 7) is 4.03. The van der Waals surface area contributed by atoms with Gasteiger partial charge >= 0.3 is 0 Å². The molecule has 0 saturated heterocycles. The summed E-state index contributed by atoms with van der Waals surface area (Å²) >= 11 is 0. The van der Waals surface area contributed by atoms with Crippen molar-refractivity contribution in [1.82, 2.24) is 4.98 Å². The standard InChI is InChI=1S/C13H14N2O/c1-8-5-9(2)15-12-6-10(7-13(14)16)3-4-11(8)12/h3-6H,7H2,1-2H3,(H2,14,16). The molecule has 1 aromatic heterocycles. The van der Waals surface area contributed by atoms with E-state index in [1.807, 2.05) is 25.1 Å². The second kappa shape index (κ2) is 3.93. The van der Waals surface area contributed by atoms with E-state index in [1.54, 1.807) is 0 Å². The number of aromatic nitrogens is 1. The molecule has 2 rings (SSSR count). The molecule has 0 aliphatic carbocycles. The van der Waals surface area contributed by atoms with Crippen molar-refractivity contribution in [3.05, 3.63) is 41.1 Å². The van der Waals surface area contributed by atoms with Crippen LogP contribution >= 0.6 is 0 Å². The van der Waals surface area contributed by atoms with E-state index in [1.165, 1.54) is 5.56 Å². The number of carbonyl (C=O) groups is 1. The van der Waals surface area contributed by atoms with Crippen molar-refractivity contribution in [2.75, 3.05) is 0 Å². The van der Waals surface area contributed by atoms with Crippen LogP contribution in [-0.4, -0.2) is 10.9 Å². The van der Waals surface area contributed by atoms with E-state index in [-0.39, 0.29) is 12.3 Å². The van der Waals surface area contributed by atoms with Crippen LogP contribution in [0.5, 0.6) is 0 Å². The molecule has 3 heteroatoms. The molecule has 0 unspecified atom stereocenters. The molecule has 2 aromatic rings. The van der Waals surface area contributed by atoms with Gasteiger partial charge in [0.2, 0.25) is 5.91 Å². The molecule has 0 fully saturated rings. The number of hydrogen-bond donors (Lipinski definition) is 1. The van der Waals surface area contributed by atoms with Gasteiger partial charge in [-0.05, 0) is 37.1 Å². The average molecular weight is 214 g/mol. The predicted molar refractivity (Wildman–Crippen MR) is 64.1 cm³/mol. The highest BCUT2D eigenvalue weighted by molar-refractivity contribution is 5.84. The molecule has 0 atom stereocenters. The molecule has 0 saturated carbocycles. The lowest BCUT2D eigenvalue weighted by molar-refractivity contribution is -0.117. The van der Waals surface area contributed by atoms with Gasteiger partial charge in [-0.15, -0.1) is 0 Å². The number of carbonyl (C=O) groups excluding carboxylic acids is 1. The Morgan fingerprint density at radius 3 is 2.75 bits per heavy atom. The number of nitrogens with zero attached hydrogens (tertiary/aromatic N) is 1. The lowest BCUT2D eigenvalue weighted by Gasteiger charge is -2.05. The van der Waals surface area contributed by atoms with Crippen LogP contribution in [0.25, 0.3) is 10.9 Å². The molecule has 0 bridgehead atoms. The van der Waals surface area contributed by atoms with Gasteiger partial charge in [-0.1, -0.05) is 12.1 Å². The maximum atomic E-state index is 10.8. The molecule has 1 aromatic carbocycles. The van der Waals surface area contributed by atoms with Crippen LogP contribution in [-0.2, 0) is 11.2 Å². The molecule has 0 aliphatic rings. The van der Waals surface area contributed by atoms with E-state index in [2.05, 4.69) is 18.0 Å². The summed E-state index contributed by atoms with van der Waals surface area (Å²) in [6, 6.07) is 7.91. The summed E-state index contributed by atoms with van der Waals surface area (Å²) in [5, 5.41) is 1.12. The van der Waals surface area contributed by atoms with Gasteiger partial charge in [-0.25, -0.2) is 0 Å². The zero-order chi connectivity index (χ0) is 11.7. The van der Waals surface area contributed by atoms with Gasteiger partial charge in [0.15, 0.2) is 0 Å². The summed E-state index contributed by atoms with van der Waals surface area (Å²) in [5.41, 5.74) is 9.20. The van der Waals surface area contributed by atoms with Crippen molar-refractivity contribution in [3.63, 3.8) is 0 Å². The highest BCUT2D eigenvalue weighted by atomic mass is 16.1. The topological polar surface area (TPSA) is 56.0 Å². The first-order valence-electron chi connectivity index (χ1n) is 5.21. The first-order valence-corrected chi connectivity index (χ1v) is 5.21. The lowest BCUT2D eigenvalue weighted by atomic mass is 10.0. The monoisotopic (exact) mass is 214 g/mol. The zero-order valence-corrected chi connectivity index (χ0v) is 9.45. The van der Waals surface area contributed by atoms with Crippen LogP contribution in [0.3, 0.4) is 0 Å². The first-order chi connectivity index (χ1) is 7.56. The van der Waals surface area contributed by atoms with Crippen molar-refractivity contribution in [1.29, 1.82) is 0 Å². The van der Waals surface area contributed by atoms with Gasteiger partial charge in [0.25, 0.3) is 0 Å². The van der Waals surface area contributed by atoms with Crippen molar-refractivity contribution >= 4 is 16.8 Å². The summed E-state index contributed by atoms with van der Waals surface area (Å²) in [6.07, 6.45) is 0.268. The Balaban J connectivity index is 2.57. The molecular formula is C13H14N2O. The number of nitrogens with two attached hydrogens (primary N) is 1. The third kappa shape index (κ3) is 2.03. The molecule has 0 radical (unpaired) electrons. The smallest absolute Gasteiger partial charge is 0.221 e. The quantitative estimate of drug-likeness (QED) is 0.829. The summed E-state index contributed by atoms with van der Waals surface area (Å²) in [5.74, 6) is -0.316. The van der Waals surface area contributed by atoms with Crippen LogP contribution in [0.2, 0.25) is 0 Å². The number of amides is 1. The van der Waals surface area contributed by atoms with E-state index in [0.29, 0.717) is 0 Å².